The molecule has 0 amide bonds. The maximum atomic E-state index is 10.1. The number of thiazole rings is 1. The molecular weight excluding hydrogens is 236 g/mol. The molecule has 1 aliphatic rings. The summed E-state index contributed by atoms with van der Waals surface area (Å²) in [6.45, 7) is 6.21. The zero-order chi connectivity index (χ0) is 12.5. The Bertz CT molecular complexity index is 378. The molecule has 0 aromatic carbocycles. The third-order valence-corrected chi connectivity index (χ3v) is 4.37. The topological polar surface area (TPSA) is 45.6 Å². The normalized spacial score (nSPS) is 16.8. The van der Waals surface area contributed by atoms with E-state index >= 15 is 0 Å². The summed E-state index contributed by atoms with van der Waals surface area (Å²) in [7, 11) is 1.66. The van der Waals surface area contributed by atoms with E-state index in [0.717, 1.165) is 28.8 Å². The van der Waals surface area contributed by atoms with E-state index in [1.807, 2.05) is 0 Å². The van der Waals surface area contributed by atoms with Crippen molar-refractivity contribution >= 4 is 16.5 Å². The summed E-state index contributed by atoms with van der Waals surface area (Å²) in [6.07, 6.45) is 2.47. The SMILES string of the molecule is COCc1nc(N2CCCC2)sc1C(C)(C)O. The highest BCUT2D eigenvalue weighted by Crippen LogP contribution is 2.35. The highest BCUT2D eigenvalue weighted by molar-refractivity contribution is 7.15. The Morgan fingerprint density at radius 1 is 1.41 bits per heavy atom. The molecule has 1 saturated heterocycles. The number of aromatic nitrogens is 1. The number of nitrogens with zero attached hydrogens (tertiary/aromatic N) is 2. The first-order valence-electron chi connectivity index (χ1n) is 5.99. The molecule has 17 heavy (non-hydrogen) atoms. The second kappa shape index (κ2) is 4.92. The molecule has 1 aliphatic heterocycles. The molecule has 0 radical (unpaired) electrons. The molecule has 1 aromatic rings. The Kier molecular flexibility index (Phi) is 3.70. The van der Waals surface area contributed by atoms with Gasteiger partial charge < -0.3 is 14.7 Å². The smallest absolute Gasteiger partial charge is 0.185 e. The lowest BCUT2D eigenvalue weighted by molar-refractivity contribution is 0.0782. The van der Waals surface area contributed by atoms with Gasteiger partial charge >= 0.3 is 0 Å². The molecule has 96 valence electrons. The summed E-state index contributed by atoms with van der Waals surface area (Å²) in [5.41, 5.74) is 0.0238. The van der Waals surface area contributed by atoms with Gasteiger partial charge in [-0.15, -0.1) is 0 Å². The molecule has 0 unspecified atom stereocenters. The van der Waals surface area contributed by atoms with Crippen molar-refractivity contribution < 1.29 is 9.84 Å². The van der Waals surface area contributed by atoms with Gasteiger partial charge in [-0.2, -0.15) is 0 Å². The molecule has 2 rings (SSSR count). The van der Waals surface area contributed by atoms with Crippen LogP contribution in [0.15, 0.2) is 0 Å². The zero-order valence-corrected chi connectivity index (χ0v) is 11.5. The summed E-state index contributed by atoms with van der Waals surface area (Å²) in [6, 6.07) is 0. The summed E-state index contributed by atoms with van der Waals surface area (Å²) in [5.74, 6) is 0. The molecule has 0 bridgehead atoms. The fraction of sp³-hybridized carbons (Fsp3) is 0.750. The minimum atomic E-state index is -0.844. The monoisotopic (exact) mass is 256 g/mol. The Labute approximate surface area is 106 Å². The van der Waals surface area contributed by atoms with Crippen molar-refractivity contribution in [2.45, 2.75) is 38.9 Å². The maximum absolute atomic E-state index is 10.1. The third-order valence-electron chi connectivity index (χ3n) is 2.90. The van der Waals surface area contributed by atoms with E-state index in [4.69, 9.17) is 4.74 Å². The van der Waals surface area contributed by atoms with Gasteiger partial charge in [0.2, 0.25) is 0 Å². The predicted molar refractivity (Wildman–Crippen MR) is 69.5 cm³/mol. The quantitative estimate of drug-likeness (QED) is 0.896. The molecule has 0 saturated carbocycles. The van der Waals surface area contributed by atoms with E-state index in [1.54, 1.807) is 32.3 Å². The first-order valence-corrected chi connectivity index (χ1v) is 6.80. The maximum Gasteiger partial charge on any atom is 0.185 e. The first-order chi connectivity index (χ1) is 8.02. The summed E-state index contributed by atoms with van der Waals surface area (Å²) >= 11 is 1.59. The van der Waals surface area contributed by atoms with Gasteiger partial charge in [0.25, 0.3) is 0 Å². The van der Waals surface area contributed by atoms with Crippen LogP contribution in [0, 0.1) is 0 Å². The van der Waals surface area contributed by atoms with Crippen LogP contribution in [0.1, 0.15) is 37.3 Å². The molecule has 0 spiro atoms. The standard InChI is InChI=1S/C12H20N2O2S/c1-12(2,15)10-9(8-16-3)13-11(17-10)14-6-4-5-7-14/h15H,4-8H2,1-3H3. The van der Waals surface area contributed by atoms with Gasteiger partial charge in [-0.1, -0.05) is 11.3 Å². The molecule has 2 heterocycles. The molecule has 1 aromatic heterocycles. The first kappa shape index (κ1) is 12.8. The van der Waals surface area contributed by atoms with E-state index in [1.165, 1.54) is 12.8 Å². The second-order valence-electron chi connectivity index (χ2n) is 4.96. The van der Waals surface area contributed by atoms with Gasteiger partial charge in [-0.25, -0.2) is 4.98 Å². The number of hydrogen-bond acceptors (Lipinski definition) is 5. The van der Waals surface area contributed by atoms with Crippen LogP contribution in [0.3, 0.4) is 0 Å². The molecule has 1 fully saturated rings. The van der Waals surface area contributed by atoms with Gasteiger partial charge in [0, 0.05) is 20.2 Å². The van der Waals surface area contributed by atoms with Gasteiger partial charge in [-0.3, -0.25) is 0 Å². The number of anilines is 1. The minimum Gasteiger partial charge on any atom is -0.385 e. The lowest BCUT2D eigenvalue weighted by Crippen LogP contribution is -2.17. The van der Waals surface area contributed by atoms with Crippen molar-refractivity contribution in [1.29, 1.82) is 0 Å². The van der Waals surface area contributed by atoms with Gasteiger partial charge in [0.1, 0.15) is 0 Å². The van der Waals surface area contributed by atoms with Crippen molar-refractivity contribution in [2.24, 2.45) is 0 Å². The molecule has 5 heteroatoms. The highest BCUT2D eigenvalue weighted by Gasteiger charge is 2.27. The van der Waals surface area contributed by atoms with Crippen LogP contribution in [0.25, 0.3) is 0 Å². The number of rotatable bonds is 4. The number of ether oxygens (including phenoxy) is 1. The largest absolute Gasteiger partial charge is 0.385 e. The van der Waals surface area contributed by atoms with Gasteiger partial charge in [0.05, 0.1) is 22.8 Å². The fourth-order valence-corrected chi connectivity index (χ4v) is 3.22. The lowest BCUT2D eigenvalue weighted by Gasteiger charge is -2.16. The zero-order valence-electron chi connectivity index (χ0n) is 10.7. The second-order valence-corrected chi connectivity index (χ2v) is 5.94. The molecule has 4 nitrogen and oxygen atoms in total. The van der Waals surface area contributed by atoms with Crippen LogP contribution in [0.5, 0.6) is 0 Å². The molecule has 1 N–H and O–H groups in total. The van der Waals surface area contributed by atoms with Crippen molar-refractivity contribution in [3.05, 3.63) is 10.6 Å². The Morgan fingerprint density at radius 3 is 2.59 bits per heavy atom. The van der Waals surface area contributed by atoms with Crippen LogP contribution in [-0.2, 0) is 16.9 Å². The van der Waals surface area contributed by atoms with Crippen LogP contribution >= 0.6 is 11.3 Å². The third kappa shape index (κ3) is 2.78. The molecular formula is C12H20N2O2S. The van der Waals surface area contributed by atoms with E-state index < -0.39 is 5.60 Å². The van der Waals surface area contributed by atoms with Gasteiger partial charge in [0.15, 0.2) is 5.13 Å². The van der Waals surface area contributed by atoms with Gasteiger partial charge in [-0.05, 0) is 26.7 Å². The van der Waals surface area contributed by atoms with E-state index in [2.05, 4.69) is 9.88 Å². The summed E-state index contributed by atoms with van der Waals surface area (Å²) < 4.78 is 5.15. The Hall–Kier alpha value is -0.650. The molecule has 0 atom stereocenters. The van der Waals surface area contributed by atoms with E-state index in [-0.39, 0.29) is 0 Å². The van der Waals surface area contributed by atoms with Crippen molar-refractivity contribution in [1.82, 2.24) is 4.98 Å². The number of aliphatic hydroxyl groups is 1. The fourth-order valence-electron chi connectivity index (χ4n) is 2.10. The average Bonchev–Trinajstić information content (AvgIpc) is 2.82. The Morgan fingerprint density at radius 2 is 2.06 bits per heavy atom. The van der Waals surface area contributed by atoms with E-state index in [0.29, 0.717) is 6.61 Å². The van der Waals surface area contributed by atoms with Crippen LogP contribution < -0.4 is 4.90 Å². The Balaban J connectivity index is 2.29. The van der Waals surface area contributed by atoms with Crippen LogP contribution in [0.4, 0.5) is 5.13 Å². The lowest BCUT2D eigenvalue weighted by atomic mass is 10.1. The van der Waals surface area contributed by atoms with E-state index in [9.17, 15) is 5.11 Å². The van der Waals surface area contributed by atoms with Crippen molar-refractivity contribution in [2.75, 3.05) is 25.1 Å². The van der Waals surface area contributed by atoms with Crippen LogP contribution in [-0.4, -0.2) is 30.3 Å². The van der Waals surface area contributed by atoms with Crippen molar-refractivity contribution in [3.8, 4) is 0 Å². The minimum absolute atomic E-state index is 0.462. The molecule has 0 aliphatic carbocycles. The highest BCUT2D eigenvalue weighted by atomic mass is 32.1. The predicted octanol–water partition coefficient (Wildman–Crippen LogP) is 2.12. The van der Waals surface area contributed by atoms with Crippen LogP contribution in [0.2, 0.25) is 0 Å². The van der Waals surface area contributed by atoms with Crippen molar-refractivity contribution in [3.63, 3.8) is 0 Å². The summed E-state index contributed by atoms with van der Waals surface area (Å²) in [4.78, 5) is 7.82. The number of methoxy groups -OCH3 is 1. The number of hydrogen-bond donors (Lipinski definition) is 1. The average molecular weight is 256 g/mol. The summed E-state index contributed by atoms with van der Waals surface area (Å²) in [5, 5.41) is 11.2.